The summed E-state index contributed by atoms with van der Waals surface area (Å²) in [5, 5.41) is 10.1. The number of fused-ring (bicyclic) bond motifs is 2. The van der Waals surface area contributed by atoms with E-state index in [0.29, 0.717) is 29.2 Å². The molecule has 4 unspecified atom stereocenters. The summed E-state index contributed by atoms with van der Waals surface area (Å²) in [6.45, 7) is 9.93. The fourth-order valence-electron chi connectivity index (χ4n) is 6.96. The van der Waals surface area contributed by atoms with Crippen molar-refractivity contribution >= 4 is 40.7 Å². The van der Waals surface area contributed by atoms with Crippen LogP contribution in [0.15, 0.2) is 36.4 Å². The second-order valence-corrected chi connectivity index (χ2v) is 13.5. The molecule has 3 aliphatic rings. The minimum Gasteiger partial charge on any atom is -0.355 e. The number of rotatable bonds is 7. The van der Waals surface area contributed by atoms with Crippen molar-refractivity contribution in [1.82, 2.24) is 15.5 Å². The average Bonchev–Trinajstić information content (AvgIpc) is 3.37. The van der Waals surface area contributed by atoms with Gasteiger partial charge in [0.1, 0.15) is 11.2 Å². The molecule has 0 aliphatic carbocycles. The lowest BCUT2D eigenvalue weighted by Gasteiger charge is -2.37. The molecule has 1 spiro atoms. The van der Waals surface area contributed by atoms with Gasteiger partial charge in [0.25, 0.3) is 0 Å². The largest absolute Gasteiger partial charge is 0.355 e. The van der Waals surface area contributed by atoms with Crippen LogP contribution in [0.1, 0.15) is 69.9 Å². The fraction of sp³-hybridized carbons (Fsp3) is 0.548. The molecule has 6 nitrogen and oxygen atoms in total. The number of carbonyl (C=O) groups excluding carboxylic acids is 2. The number of nitrogens with zero attached hydrogens (tertiary/aromatic N) is 1. The Morgan fingerprint density at radius 3 is 2.62 bits per heavy atom. The molecule has 0 saturated carbocycles. The summed E-state index contributed by atoms with van der Waals surface area (Å²) in [5.41, 5.74) is 0.135. The van der Waals surface area contributed by atoms with Gasteiger partial charge in [-0.05, 0) is 80.1 Å². The Kier molecular flexibility index (Phi) is 8.49. The van der Waals surface area contributed by atoms with Gasteiger partial charge in [0.15, 0.2) is 0 Å². The molecule has 40 heavy (non-hydrogen) atoms. The molecule has 0 bridgehead atoms. The first-order valence-corrected chi connectivity index (χ1v) is 15.1. The molecule has 216 valence electrons. The summed E-state index contributed by atoms with van der Waals surface area (Å²) in [7, 11) is 0. The van der Waals surface area contributed by atoms with Crippen LogP contribution in [0, 0.1) is 11.2 Å². The van der Waals surface area contributed by atoms with Crippen molar-refractivity contribution in [1.29, 1.82) is 0 Å². The first-order valence-electron chi connectivity index (χ1n) is 14.3. The number of piperidine rings is 1. The number of hydrogen-bond donors (Lipinski definition) is 3. The van der Waals surface area contributed by atoms with E-state index < -0.39 is 29.2 Å². The highest BCUT2D eigenvalue weighted by Crippen LogP contribution is 2.57. The van der Waals surface area contributed by atoms with Crippen molar-refractivity contribution in [2.75, 3.05) is 31.5 Å². The van der Waals surface area contributed by atoms with Crippen LogP contribution in [0.25, 0.3) is 0 Å². The minimum absolute atomic E-state index is 0.0395. The molecule has 2 saturated heterocycles. The minimum atomic E-state index is -1.24. The molecule has 2 aromatic rings. The summed E-state index contributed by atoms with van der Waals surface area (Å²) >= 11 is 12.6. The number of anilines is 1. The van der Waals surface area contributed by atoms with Gasteiger partial charge in [-0.2, -0.15) is 0 Å². The molecule has 3 aliphatic heterocycles. The number of nitrogens with one attached hydrogen (secondary N) is 3. The van der Waals surface area contributed by atoms with Crippen LogP contribution in [0.3, 0.4) is 0 Å². The number of benzene rings is 2. The topological polar surface area (TPSA) is 73.5 Å². The maximum atomic E-state index is 15.8. The van der Waals surface area contributed by atoms with Gasteiger partial charge in [-0.1, -0.05) is 68.6 Å². The molecule has 2 amide bonds. The Morgan fingerprint density at radius 2 is 1.90 bits per heavy atom. The lowest BCUT2D eigenvalue weighted by Crippen LogP contribution is -2.49. The van der Waals surface area contributed by atoms with Gasteiger partial charge in [-0.3, -0.25) is 9.59 Å². The number of likely N-dealkylation sites (tertiary alicyclic amines) is 1. The summed E-state index contributed by atoms with van der Waals surface area (Å²) in [5.74, 6) is -1.95. The van der Waals surface area contributed by atoms with Crippen molar-refractivity contribution < 1.29 is 14.0 Å². The highest BCUT2D eigenvalue weighted by molar-refractivity contribution is 6.31. The SMILES string of the molecule is CC(C)(C)CC1NC(C(=O)NCCCN2CCCCC2)C(c2cccc(Cl)c2F)C12C(=O)Nc1cc(Cl)ccc12. The predicted molar refractivity (Wildman–Crippen MR) is 159 cm³/mol. The fourth-order valence-corrected chi connectivity index (χ4v) is 7.31. The van der Waals surface area contributed by atoms with E-state index in [-0.39, 0.29) is 27.8 Å². The van der Waals surface area contributed by atoms with Crippen molar-refractivity contribution in [3.63, 3.8) is 0 Å². The number of halogens is 3. The Morgan fingerprint density at radius 1 is 1.15 bits per heavy atom. The third-order valence-electron chi connectivity index (χ3n) is 8.62. The lowest BCUT2D eigenvalue weighted by atomic mass is 9.62. The Bertz CT molecular complexity index is 1280. The van der Waals surface area contributed by atoms with E-state index in [1.165, 1.54) is 25.3 Å². The quantitative estimate of drug-likeness (QED) is 0.353. The third-order valence-corrected chi connectivity index (χ3v) is 9.15. The first-order chi connectivity index (χ1) is 19.0. The number of amides is 2. The van der Waals surface area contributed by atoms with Crippen LogP contribution in [0.5, 0.6) is 0 Å². The zero-order valence-corrected chi connectivity index (χ0v) is 25.0. The molecule has 4 atom stereocenters. The molecule has 9 heteroatoms. The van der Waals surface area contributed by atoms with Gasteiger partial charge in [0.2, 0.25) is 11.8 Å². The van der Waals surface area contributed by atoms with E-state index in [4.69, 9.17) is 23.2 Å². The molecular weight excluding hydrogens is 550 g/mol. The van der Waals surface area contributed by atoms with E-state index in [2.05, 4.69) is 41.6 Å². The van der Waals surface area contributed by atoms with Crippen LogP contribution in [-0.4, -0.2) is 55.0 Å². The Hall–Kier alpha value is -2.19. The summed E-state index contributed by atoms with van der Waals surface area (Å²) in [4.78, 5) is 30.5. The van der Waals surface area contributed by atoms with Gasteiger partial charge in [0.05, 0.1) is 11.1 Å². The summed E-state index contributed by atoms with van der Waals surface area (Å²) < 4.78 is 15.8. The molecule has 2 aromatic carbocycles. The molecule has 0 aromatic heterocycles. The molecule has 3 N–H and O–H groups in total. The number of hydrogen-bond acceptors (Lipinski definition) is 4. The molecule has 2 fully saturated rings. The summed E-state index contributed by atoms with van der Waals surface area (Å²) in [6.07, 6.45) is 5.13. The van der Waals surface area contributed by atoms with Gasteiger partial charge < -0.3 is 20.9 Å². The number of carbonyl (C=O) groups is 2. The van der Waals surface area contributed by atoms with Crippen LogP contribution < -0.4 is 16.0 Å². The van der Waals surface area contributed by atoms with Crippen molar-refractivity contribution in [3.8, 4) is 0 Å². The predicted octanol–water partition coefficient (Wildman–Crippen LogP) is 5.88. The zero-order valence-electron chi connectivity index (χ0n) is 23.5. The molecule has 3 heterocycles. The lowest BCUT2D eigenvalue weighted by molar-refractivity contribution is -0.123. The normalized spacial score (nSPS) is 26.6. The molecular formula is C31H39Cl2FN4O2. The van der Waals surface area contributed by atoms with E-state index >= 15 is 4.39 Å². The van der Waals surface area contributed by atoms with Crippen LogP contribution in [0.4, 0.5) is 10.1 Å². The maximum absolute atomic E-state index is 15.8. The third kappa shape index (κ3) is 5.50. The second-order valence-electron chi connectivity index (χ2n) is 12.6. The van der Waals surface area contributed by atoms with Crippen molar-refractivity contribution in [3.05, 3.63) is 63.4 Å². The second kappa shape index (κ2) is 11.6. The van der Waals surface area contributed by atoms with Gasteiger partial charge >= 0.3 is 0 Å². The average molecular weight is 590 g/mol. The molecule has 5 rings (SSSR count). The van der Waals surface area contributed by atoms with Crippen LogP contribution in [-0.2, 0) is 15.0 Å². The summed E-state index contributed by atoms with van der Waals surface area (Å²) in [6, 6.07) is 8.82. The van der Waals surface area contributed by atoms with Gasteiger partial charge in [0, 0.05) is 29.2 Å². The van der Waals surface area contributed by atoms with E-state index in [0.717, 1.165) is 26.1 Å². The van der Waals surface area contributed by atoms with Crippen LogP contribution in [0.2, 0.25) is 10.0 Å². The monoisotopic (exact) mass is 588 g/mol. The standard InChI is InChI=1S/C31H39Cl2FN4O2/c1-30(2,3)18-24-31(21-12-11-19(32)17-23(21)36-29(31)40)25(20-9-7-10-22(33)26(20)34)27(37-24)28(39)35-13-8-16-38-14-5-4-6-15-38/h7,9-12,17,24-25,27,37H,4-6,8,13-16,18H2,1-3H3,(H,35,39)(H,36,40). The van der Waals surface area contributed by atoms with Gasteiger partial charge in [-0.25, -0.2) is 4.39 Å². The highest BCUT2D eigenvalue weighted by atomic mass is 35.5. The van der Waals surface area contributed by atoms with E-state index in [9.17, 15) is 9.59 Å². The zero-order chi connectivity index (χ0) is 28.7. The van der Waals surface area contributed by atoms with E-state index in [1.807, 2.05) is 6.07 Å². The first kappa shape index (κ1) is 29.3. The smallest absolute Gasteiger partial charge is 0.237 e. The van der Waals surface area contributed by atoms with Gasteiger partial charge in [-0.15, -0.1) is 0 Å². The maximum Gasteiger partial charge on any atom is 0.237 e. The Balaban J connectivity index is 1.54. The molecule has 0 radical (unpaired) electrons. The Labute approximate surface area is 246 Å². The van der Waals surface area contributed by atoms with Crippen LogP contribution >= 0.6 is 23.2 Å². The van der Waals surface area contributed by atoms with E-state index in [1.54, 1.807) is 24.3 Å². The van der Waals surface area contributed by atoms with Crippen molar-refractivity contribution in [2.24, 2.45) is 5.41 Å². The van der Waals surface area contributed by atoms with Crippen molar-refractivity contribution in [2.45, 2.75) is 76.3 Å². The highest BCUT2D eigenvalue weighted by Gasteiger charge is 2.66.